The Balaban J connectivity index is 0.00000256. The summed E-state index contributed by atoms with van der Waals surface area (Å²) in [7, 11) is 0. The molecule has 1 unspecified atom stereocenters. The van der Waals surface area contributed by atoms with Crippen LogP contribution in [0.5, 0.6) is 5.75 Å². The van der Waals surface area contributed by atoms with Crippen molar-refractivity contribution in [2.75, 3.05) is 13.2 Å². The number of benzene rings is 1. The van der Waals surface area contributed by atoms with Gasteiger partial charge in [-0.15, -0.1) is 12.4 Å². The van der Waals surface area contributed by atoms with Gasteiger partial charge in [0, 0.05) is 12.1 Å². The van der Waals surface area contributed by atoms with Crippen molar-refractivity contribution in [3.63, 3.8) is 0 Å². The molecule has 3 nitrogen and oxygen atoms in total. The standard InChI is InChI=1S/C13H21NO2.ClH/c1-13(2,3)14-9-11(15)10-16-12-7-5-4-6-8-12;/h4-8,11,14-15H,9-10H2,1-3H3;1H. The van der Waals surface area contributed by atoms with Gasteiger partial charge in [-0.2, -0.15) is 0 Å². The predicted molar refractivity (Wildman–Crippen MR) is 72.9 cm³/mol. The molecule has 0 saturated carbocycles. The third kappa shape index (κ3) is 8.02. The van der Waals surface area contributed by atoms with Gasteiger partial charge in [-0.3, -0.25) is 0 Å². The van der Waals surface area contributed by atoms with E-state index in [0.717, 1.165) is 5.75 Å². The number of hydrogen-bond donors (Lipinski definition) is 2. The van der Waals surface area contributed by atoms with Crippen LogP contribution in [-0.4, -0.2) is 29.9 Å². The number of hydrogen-bond acceptors (Lipinski definition) is 3. The van der Waals surface area contributed by atoms with Crippen LogP contribution in [0, 0.1) is 0 Å². The van der Waals surface area contributed by atoms with E-state index in [0.29, 0.717) is 13.2 Å². The molecule has 0 saturated heterocycles. The molecule has 1 aromatic rings. The van der Waals surface area contributed by atoms with Crippen molar-refractivity contribution in [1.29, 1.82) is 0 Å². The van der Waals surface area contributed by atoms with E-state index < -0.39 is 6.10 Å². The van der Waals surface area contributed by atoms with Gasteiger partial charge in [0.1, 0.15) is 18.5 Å². The zero-order valence-corrected chi connectivity index (χ0v) is 11.5. The normalized spacial score (nSPS) is 12.7. The SMILES string of the molecule is CC(C)(C)NCC(O)COc1ccccc1.Cl. The van der Waals surface area contributed by atoms with Gasteiger partial charge in [0.15, 0.2) is 0 Å². The van der Waals surface area contributed by atoms with Crippen LogP contribution in [0.4, 0.5) is 0 Å². The van der Waals surface area contributed by atoms with Gasteiger partial charge in [0.25, 0.3) is 0 Å². The molecule has 1 aromatic carbocycles. The van der Waals surface area contributed by atoms with Crippen LogP contribution in [0.25, 0.3) is 0 Å². The fourth-order valence-corrected chi connectivity index (χ4v) is 1.19. The lowest BCUT2D eigenvalue weighted by Gasteiger charge is -2.22. The molecule has 0 fully saturated rings. The minimum absolute atomic E-state index is 0. The van der Waals surface area contributed by atoms with E-state index in [2.05, 4.69) is 26.1 Å². The summed E-state index contributed by atoms with van der Waals surface area (Å²) >= 11 is 0. The summed E-state index contributed by atoms with van der Waals surface area (Å²) in [5.74, 6) is 0.789. The van der Waals surface area contributed by atoms with E-state index in [4.69, 9.17) is 4.74 Å². The molecule has 0 amide bonds. The molecule has 2 N–H and O–H groups in total. The van der Waals surface area contributed by atoms with Gasteiger partial charge >= 0.3 is 0 Å². The van der Waals surface area contributed by atoms with Gasteiger partial charge in [-0.25, -0.2) is 0 Å². The molecule has 17 heavy (non-hydrogen) atoms. The summed E-state index contributed by atoms with van der Waals surface area (Å²) < 4.78 is 5.44. The lowest BCUT2D eigenvalue weighted by molar-refractivity contribution is 0.100. The first-order valence-corrected chi connectivity index (χ1v) is 5.58. The molecule has 0 aliphatic rings. The summed E-state index contributed by atoms with van der Waals surface area (Å²) in [4.78, 5) is 0. The maximum absolute atomic E-state index is 9.69. The first-order chi connectivity index (χ1) is 7.47. The van der Waals surface area contributed by atoms with Gasteiger partial charge in [0.05, 0.1) is 0 Å². The highest BCUT2D eigenvalue weighted by Gasteiger charge is 2.12. The Morgan fingerprint density at radius 3 is 2.35 bits per heavy atom. The van der Waals surface area contributed by atoms with E-state index in [9.17, 15) is 5.11 Å². The number of halogens is 1. The summed E-state index contributed by atoms with van der Waals surface area (Å²) in [6.45, 7) is 7.05. The molecular formula is C13H22ClNO2. The number of β-amino-alcohol motifs (C(OH)–C–C–N with tert-alkyl or cyclic N) is 1. The third-order valence-corrected chi connectivity index (χ3v) is 2.05. The van der Waals surface area contributed by atoms with E-state index in [-0.39, 0.29) is 17.9 Å². The number of para-hydroxylation sites is 1. The van der Waals surface area contributed by atoms with Crippen LogP contribution in [0.3, 0.4) is 0 Å². The first kappa shape index (κ1) is 16.2. The molecular weight excluding hydrogens is 238 g/mol. The lowest BCUT2D eigenvalue weighted by atomic mass is 10.1. The molecule has 0 radical (unpaired) electrons. The Kier molecular flexibility index (Phi) is 7.19. The van der Waals surface area contributed by atoms with Crippen LogP contribution in [0.1, 0.15) is 20.8 Å². The monoisotopic (exact) mass is 259 g/mol. The number of aliphatic hydroxyl groups is 1. The highest BCUT2D eigenvalue weighted by molar-refractivity contribution is 5.85. The third-order valence-electron chi connectivity index (χ3n) is 2.05. The van der Waals surface area contributed by atoms with Crippen LogP contribution in [0.2, 0.25) is 0 Å². The average Bonchev–Trinajstić information content (AvgIpc) is 2.24. The molecule has 0 aliphatic heterocycles. The molecule has 1 atom stereocenters. The van der Waals surface area contributed by atoms with Crippen LogP contribution >= 0.6 is 12.4 Å². The van der Waals surface area contributed by atoms with Gasteiger partial charge in [0.2, 0.25) is 0 Å². The van der Waals surface area contributed by atoms with Gasteiger partial charge < -0.3 is 15.2 Å². The number of rotatable bonds is 5. The number of aliphatic hydroxyl groups excluding tert-OH is 1. The van der Waals surface area contributed by atoms with Crippen molar-refractivity contribution >= 4 is 12.4 Å². The molecule has 1 rings (SSSR count). The Hall–Kier alpha value is -0.770. The fourth-order valence-electron chi connectivity index (χ4n) is 1.19. The second kappa shape index (κ2) is 7.54. The summed E-state index contributed by atoms with van der Waals surface area (Å²) in [5.41, 5.74) is 0.0216. The van der Waals surface area contributed by atoms with Crippen LogP contribution in [-0.2, 0) is 0 Å². The van der Waals surface area contributed by atoms with E-state index in [1.807, 2.05) is 30.3 Å². The van der Waals surface area contributed by atoms with Crippen LogP contribution < -0.4 is 10.1 Å². The topological polar surface area (TPSA) is 41.5 Å². The minimum Gasteiger partial charge on any atom is -0.491 e. The molecule has 0 spiro atoms. The predicted octanol–water partition coefficient (Wildman–Crippen LogP) is 2.24. The van der Waals surface area contributed by atoms with E-state index >= 15 is 0 Å². The van der Waals surface area contributed by atoms with Gasteiger partial charge in [-0.1, -0.05) is 18.2 Å². The van der Waals surface area contributed by atoms with Gasteiger partial charge in [-0.05, 0) is 32.9 Å². The Bertz CT molecular complexity index is 298. The van der Waals surface area contributed by atoms with Crippen molar-refractivity contribution < 1.29 is 9.84 Å². The molecule has 98 valence electrons. The Labute approximate surface area is 110 Å². The minimum atomic E-state index is -0.487. The van der Waals surface area contributed by atoms with Crippen molar-refractivity contribution in [3.05, 3.63) is 30.3 Å². The quantitative estimate of drug-likeness (QED) is 0.852. The highest BCUT2D eigenvalue weighted by Crippen LogP contribution is 2.08. The first-order valence-electron chi connectivity index (χ1n) is 5.58. The van der Waals surface area contributed by atoms with Crippen LogP contribution in [0.15, 0.2) is 30.3 Å². The van der Waals surface area contributed by atoms with E-state index in [1.165, 1.54) is 0 Å². The summed E-state index contributed by atoms with van der Waals surface area (Å²) in [5, 5.41) is 12.9. The highest BCUT2D eigenvalue weighted by atomic mass is 35.5. The Morgan fingerprint density at radius 2 is 1.82 bits per heavy atom. The lowest BCUT2D eigenvalue weighted by Crippen LogP contribution is -2.42. The molecule has 0 heterocycles. The van der Waals surface area contributed by atoms with Crippen molar-refractivity contribution in [1.82, 2.24) is 5.32 Å². The molecule has 0 aliphatic carbocycles. The maximum atomic E-state index is 9.69. The number of ether oxygens (including phenoxy) is 1. The Morgan fingerprint density at radius 1 is 1.24 bits per heavy atom. The number of nitrogens with one attached hydrogen (secondary N) is 1. The van der Waals surface area contributed by atoms with Crippen molar-refractivity contribution in [2.45, 2.75) is 32.4 Å². The zero-order chi connectivity index (χ0) is 12.0. The maximum Gasteiger partial charge on any atom is 0.119 e. The molecule has 0 bridgehead atoms. The summed E-state index contributed by atoms with van der Waals surface area (Å²) in [6, 6.07) is 9.52. The largest absolute Gasteiger partial charge is 0.491 e. The second-order valence-corrected chi connectivity index (χ2v) is 4.91. The zero-order valence-electron chi connectivity index (χ0n) is 10.6. The van der Waals surface area contributed by atoms with Crippen molar-refractivity contribution in [3.8, 4) is 5.75 Å². The summed E-state index contributed by atoms with van der Waals surface area (Å²) in [6.07, 6.45) is -0.487. The fraction of sp³-hybridized carbons (Fsp3) is 0.538. The smallest absolute Gasteiger partial charge is 0.119 e. The van der Waals surface area contributed by atoms with E-state index in [1.54, 1.807) is 0 Å². The second-order valence-electron chi connectivity index (χ2n) is 4.91. The molecule has 4 heteroatoms. The average molecular weight is 260 g/mol. The van der Waals surface area contributed by atoms with Crippen molar-refractivity contribution in [2.24, 2.45) is 0 Å². The molecule has 0 aromatic heterocycles.